The quantitative estimate of drug-likeness (QED) is 0.294. The van der Waals surface area contributed by atoms with Crippen LogP contribution in [0.4, 0.5) is 5.69 Å². The van der Waals surface area contributed by atoms with E-state index in [1.165, 1.54) is 16.3 Å². The lowest BCUT2D eigenvalue weighted by atomic mass is 10.1. The van der Waals surface area contributed by atoms with Gasteiger partial charge in [-0.15, -0.1) is 0 Å². The van der Waals surface area contributed by atoms with Gasteiger partial charge in [0.25, 0.3) is 5.56 Å². The van der Waals surface area contributed by atoms with Gasteiger partial charge in [-0.2, -0.15) is 0 Å². The summed E-state index contributed by atoms with van der Waals surface area (Å²) in [7, 11) is 1.70. The second kappa shape index (κ2) is 7.95. The van der Waals surface area contributed by atoms with Crippen LogP contribution >= 0.6 is 11.8 Å². The molecule has 0 radical (unpaired) electrons. The first-order chi connectivity index (χ1) is 14.3. The van der Waals surface area contributed by atoms with E-state index in [2.05, 4.69) is 5.32 Å². The fourth-order valence-corrected chi connectivity index (χ4v) is 4.32. The first-order valence-electron chi connectivity index (χ1n) is 9.78. The molecule has 1 aromatic heterocycles. The maximum absolute atomic E-state index is 12.9. The summed E-state index contributed by atoms with van der Waals surface area (Å²) in [6.45, 7) is 5.81. The molecule has 30 heavy (non-hydrogen) atoms. The molecule has 0 unspecified atom stereocenters. The maximum atomic E-state index is 12.9. The first kappa shape index (κ1) is 20.2. The van der Waals surface area contributed by atoms with E-state index in [4.69, 9.17) is 4.98 Å². The lowest BCUT2D eigenvalue weighted by molar-refractivity contribution is -0.115. The molecule has 1 atom stereocenters. The number of nitrogens with one attached hydrogen (secondary N) is 1. The molecule has 3 aromatic carbocycles. The van der Waals surface area contributed by atoms with Gasteiger partial charge in [-0.25, -0.2) is 4.98 Å². The minimum Gasteiger partial charge on any atom is -0.325 e. The molecule has 0 aliphatic rings. The van der Waals surface area contributed by atoms with E-state index < -0.39 is 5.25 Å². The standard InChI is InChI=1S/C24H23N3O2S/c1-14-9-10-20(15(2)11-14)25-22(28)16(3)30-24-26-21-13-18-8-6-5-7-17(18)12-19(21)23(29)27(24)4/h5-13,16H,1-4H3,(H,25,28)/t16-/m0/s1. The molecule has 0 bridgehead atoms. The number of aromatic nitrogens is 2. The lowest BCUT2D eigenvalue weighted by Crippen LogP contribution is -2.25. The average Bonchev–Trinajstić information content (AvgIpc) is 2.72. The van der Waals surface area contributed by atoms with Gasteiger partial charge in [0.2, 0.25) is 5.91 Å². The molecule has 4 rings (SSSR count). The van der Waals surface area contributed by atoms with Crippen molar-refractivity contribution >= 4 is 45.0 Å². The highest BCUT2D eigenvalue weighted by atomic mass is 32.2. The van der Waals surface area contributed by atoms with Crippen LogP contribution < -0.4 is 10.9 Å². The number of carbonyl (C=O) groups is 1. The van der Waals surface area contributed by atoms with Crippen LogP contribution in [-0.2, 0) is 11.8 Å². The highest BCUT2D eigenvalue weighted by molar-refractivity contribution is 8.00. The molecule has 6 heteroatoms. The number of anilines is 1. The van der Waals surface area contributed by atoms with E-state index in [1.807, 2.05) is 75.4 Å². The monoisotopic (exact) mass is 417 g/mol. The van der Waals surface area contributed by atoms with Crippen LogP contribution in [0.25, 0.3) is 21.7 Å². The van der Waals surface area contributed by atoms with Crippen LogP contribution in [0, 0.1) is 13.8 Å². The van der Waals surface area contributed by atoms with Gasteiger partial charge in [0, 0.05) is 12.7 Å². The largest absolute Gasteiger partial charge is 0.325 e. The molecule has 0 aliphatic carbocycles. The predicted molar refractivity (Wildman–Crippen MR) is 124 cm³/mol. The molecule has 152 valence electrons. The molecule has 4 aromatic rings. The van der Waals surface area contributed by atoms with Gasteiger partial charge in [0.05, 0.1) is 16.2 Å². The summed E-state index contributed by atoms with van der Waals surface area (Å²) in [6.07, 6.45) is 0. The van der Waals surface area contributed by atoms with Crippen LogP contribution in [0.5, 0.6) is 0 Å². The zero-order valence-electron chi connectivity index (χ0n) is 17.4. The number of thioether (sulfide) groups is 1. The number of amides is 1. The third kappa shape index (κ3) is 3.83. The fraction of sp³-hybridized carbons (Fsp3) is 0.208. The van der Waals surface area contributed by atoms with Gasteiger partial charge in [-0.05, 0) is 55.3 Å². The predicted octanol–water partition coefficient (Wildman–Crippen LogP) is 4.82. The van der Waals surface area contributed by atoms with Crippen molar-refractivity contribution in [2.75, 3.05) is 5.32 Å². The number of rotatable bonds is 4. The van der Waals surface area contributed by atoms with Gasteiger partial charge in [-0.3, -0.25) is 14.2 Å². The van der Waals surface area contributed by atoms with Gasteiger partial charge >= 0.3 is 0 Å². The molecule has 1 N–H and O–H groups in total. The van der Waals surface area contributed by atoms with Gasteiger partial charge in [0.1, 0.15) is 0 Å². The SMILES string of the molecule is Cc1ccc(NC(=O)[C@H](C)Sc2nc3cc4ccccc4cc3c(=O)n2C)c(C)c1. The molecule has 0 saturated carbocycles. The zero-order chi connectivity index (χ0) is 21.4. The van der Waals surface area contributed by atoms with Gasteiger partial charge < -0.3 is 5.32 Å². The molecule has 0 aliphatic heterocycles. The average molecular weight is 418 g/mol. The first-order valence-corrected chi connectivity index (χ1v) is 10.7. The topological polar surface area (TPSA) is 64.0 Å². The van der Waals surface area contributed by atoms with E-state index >= 15 is 0 Å². The molecular weight excluding hydrogens is 394 g/mol. The number of hydrogen-bond acceptors (Lipinski definition) is 4. The Morgan fingerprint density at radius 1 is 1.07 bits per heavy atom. The molecule has 1 amide bonds. The second-order valence-corrected chi connectivity index (χ2v) is 8.85. The molecule has 0 spiro atoms. The minimum atomic E-state index is -0.415. The van der Waals surface area contributed by atoms with Crippen molar-refractivity contribution in [1.29, 1.82) is 0 Å². The fourth-order valence-electron chi connectivity index (χ4n) is 3.44. The lowest BCUT2D eigenvalue weighted by Gasteiger charge is -2.15. The van der Waals surface area contributed by atoms with Crippen LogP contribution in [0.1, 0.15) is 18.1 Å². The van der Waals surface area contributed by atoms with Crippen LogP contribution in [0.2, 0.25) is 0 Å². The number of benzene rings is 3. The van der Waals surface area contributed by atoms with Crippen LogP contribution in [0.15, 0.2) is 64.5 Å². The summed E-state index contributed by atoms with van der Waals surface area (Å²) in [5.74, 6) is -0.125. The van der Waals surface area contributed by atoms with E-state index in [0.717, 1.165) is 27.6 Å². The zero-order valence-corrected chi connectivity index (χ0v) is 18.2. The Kier molecular flexibility index (Phi) is 5.35. The van der Waals surface area contributed by atoms with Crippen molar-refractivity contribution in [2.24, 2.45) is 7.05 Å². The van der Waals surface area contributed by atoms with Crippen LogP contribution in [-0.4, -0.2) is 20.7 Å². The van der Waals surface area contributed by atoms with E-state index in [1.54, 1.807) is 7.05 Å². The van der Waals surface area contributed by atoms with Gasteiger partial charge in [0.15, 0.2) is 5.16 Å². The van der Waals surface area contributed by atoms with Crippen molar-refractivity contribution in [2.45, 2.75) is 31.2 Å². The highest BCUT2D eigenvalue weighted by Gasteiger charge is 2.19. The third-order valence-electron chi connectivity index (χ3n) is 5.19. The number of hydrogen-bond donors (Lipinski definition) is 1. The summed E-state index contributed by atoms with van der Waals surface area (Å²) in [5.41, 5.74) is 3.49. The van der Waals surface area contributed by atoms with E-state index in [9.17, 15) is 9.59 Å². The Morgan fingerprint density at radius 2 is 1.77 bits per heavy atom. The molecule has 5 nitrogen and oxygen atoms in total. The van der Waals surface area contributed by atoms with E-state index in [0.29, 0.717) is 16.1 Å². The van der Waals surface area contributed by atoms with Crippen molar-refractivity contribution in [3.63, 3.8) is 0 Å². The Hall–Kier alpha value is -3.12. The third-order valence-corrected chi connectivity index (χ3v) is 6.34. The number of nitrogens with zero attached hydrogens (tertiary/aromatic N) is 2. The van der Waals surface area contributed by atoms with Crippen molar-refractivity contribution < 1.29 is 4.79 Å². The Balaban J connectivity index is 1.63. The maximum Gasteiger partial charge on any atom is 0.261 e. The second-order valence-electron chi connectivity index (χ2n) is 7.54. The summed E-state index contributed by atoms with van der Waals surface area (Å²) < 4.78 is 1.52. The summed E-state index contributed by atoms with van der Waals surface area (Å²) >= 11 is 1.28. The molecule has 0 saturated heterocycles. The smallest absolute Gasteiger partial charge is 0.261 e. The minimum absolute atomic E-state index is 0.116. The Morgan fingerprint density at radius 3 is 2.47 bits per heavy atom. The van der Waals surface area contributed by atoms with Crippen LogP contribution in [0.3, 0.4) is 0 Å². The van der Waals surface area contributed by atoms with Gasteiger partial charge in [-0.1, -0.05) is 53.7 Å². The summed E-state index contributed by atoms with van der Waals surface area (Å²) in [6, 6.07) is 17.6. The van der Waals surface area contributed by atoms with E-state index in [-0.39, 0.29) is 11.5 Å². The normalized spacial score (nSPS) is 12.3. The number of aryl methyl sites for hydroxylation is 2. The number of carbonyl (C=O) groups excluding carboxylic acids is 1. The highest BCUT2D eigenvalue weighted by Crippen LogP contribution is 2.26. The van der Waals surface area contributed by atoms with Crippen molar-refractivity contribution in [3.05, 3.63) is 76.1 Å². The molecule has 1 heterocycles. The summed E-state index contributed by atoms with van der Waals surface area (Å²) in [4.78, 5) is 30.4. The van der Waals surface area contributed by atoms with Crippen molar-refractivity contribution in [1.82, 2.24) is 9.55 Å². The molecule has 0 fully saturated rings. The molecular formula is C24H23N3O2S. The summed E-state index contributed by atoms with van der Waals surface area (Å²) in [5, 5.41) is 5.69. The van der Waals surface area contributed by atoms with Crippen molar-refractivity contribution in [3.8, 4) is 0 Å². The Labute approximate surface area is 179 Å². The Bertz CT molecular complexity index is 1340. The number of fused-ring (bicyclic) bond motifs is 2.